The zero-order valence-electron chi connectivity index (χ0n) is 19.4. The van der Waals surface area contributed by atoms with E-state index in [1.165, 1.54) is 5.39 Å². The van der Waals surface area contributed by atoms with Crippen LogP contribution in [-0.4, -0.2) is 12.5 Å². The predicted octanol–water partition coefficient (Wildman–Crippen LogP) is 7.73. The van der Waals surface area contributed by atoms with Crippen LogP contribution in [0.5, 0.6) is 11.5 Å². The number of nitriles is 1. The van der Waals surface area contributed by atoms with Gasteiger partial charge in [0.1, 0.15) is 18.2 Å². The van der Waals surface area contributed by atoms with E-state index in [2.05, 4.69) is 74.2 Å². The fourth-order valence-electron chi connectivity index (χ4n) is 3.61. The van der Waals surface area contributed by atoms with Crippen LogP contribution in [0, 0.1) is 14.9 Å². The van der Waals surface area contributed by atoms with E-state index < -0.39 is 5.91 Å². The Balaban J connectivity index is 1.56. The molecule has 0 aliphatic heterocycles. The molecular weight excluding hydrogens is 631 g/mol. The molecule has 0 radical (unpaired) electrons. The van der Waals surface area contributed by atoms with Crippen molar-refractivity contribution in [3.05, 3.63) is 104 Å². The van der Waals surface area contributed by atoms with Gasteiger partial charge in [0.2, 0.25) is 0 Å². The third-order valence-electron chi connectivity index (χ3n) is 5.31. The normalized spacial score (nSPS) is 11.1. The summed E-state index contributed by atoms with van der Waals surface area (Å²) in [5, 5.41) is 14.7. The number of hydrogen-bond acceptors (Lipinski definition) is 4. The molecule has 0 atom stereocenters. The number of anilines is 1. The second-order valence-corrected chi connectivity index (χ2v) is 9.94. The molecule has 0 saturated heterocycles. The van der Waals surface area contributed by atoms with Crippen LogP contribution in [0.2, 0.25) is 0 Å². The lowest BCUT2D eigenvalue weighted by Gasteiger charge is -2.15. The van der Waals surface area contributed by atoms with E-state index in [9.17, 15) is 10.1 Å². The first-order chi connectivity index (χ1) is 17.5. The lowest BCUT2D eigenvalue weighted by Crippen LogP contribution is -2.13. The fraction of sp³-hybridized carbons (Fsp3) is 0.103. The van der Waals surface area contributed by atoms with Gasteiger partial charge in [0, 0.05) is 10.2 Å². The number of fused-ring (bicyclic) bond motifs is 1. The monoisotopic (exact) mass is 652 g/mol. The number of hydrogen-bond donors (Lipinski definition) is 1. The molecule has 0 bridgehead atoms. The maximum Gasteiger partial charge on any atom is 0.266 e. The Hall–Kier alpha value is -3.35. The summed E-state index contributed by atoms with van der Waals surface area (Å²) in [7, 11) is 0. The molecule has 0 saturated carbocycles. The fourth-order valence-corrected chi connectivity index (χ4v) is 4.65. The summed E-state index contributed by atoms with van der Waals surface area (Å²) in [4.78, 5) is 12.7. The van der Waals surface area contributed by atoms with Crippen molar-refractivity contribution in [3.8, 4) is 17.6 Å². The minimum Gasteiger partial charge on any atom is -0.490 e. The van der Waals surface area contributed by atoms with Gasteiger partial charge in [-0.2, -0.15) is 5.26 Å². The molecular formula is C29H22BrIN2O3. The summed E-state index contributed by atoms with van der Waals surface area (Å²) in [6.45, 7) is 2.73. The van der Waals surface area contributed by atoms with Crippen molar-refractivity contribution in [1.29, 1.82) is 5.26 Å². The Morgan fingerprint density at radius 2 is 1.78 bits per heavy atom. The van der Waals surface area contributed by atoms with E-state index in [1.807, 2.05) is 43.3 Å². The molecule has 0 aromatic heterocycles. The van der Waals surface area contributed by atoms with Crippen molar-refractivity contribution in [3.63, 3.8) is 0 Å². The molecule has 5 nitrogen and oxygen atoms in total. The van der Waals surface area contributed by atoms with E-state index in [-0.39, 0.29) is 5.57 Å². The maximum atomic E-state index is 12.7. The number of benzene rings is 4. The minimum atomic E-state index is -0.482. The molecule has 36 heavy (non-hydrogen) atoms. The molecule has 0 aliphatic rings. The first-order valence-electron chi connectivity index (χ1n) is 11.2. The van der Waals surface area contributed by atoms with Gasteiger partial charge >= 0.3 is 0 Å². The lowest BCUT2D eigenvalue weighted by atomic mass is 10.1. The average molecular weight is 653 g/mol. The zero-order valence-corrected chi connectivity index (χ0v) is 23.2. The Morgan fingerprint density at radius 1 is 1.03 bits per heavy atom. The largest absolute Gasteiger partial charge is 0.490 e. The van der Waals surface area contributed by atoms with Gasteiger partial charge in [-0.05, 0) is 100.0 Å². The van der Waals surface area contributed by atoms with Crippen molar-refractivity contribution < 1.29 is 14.3 Å². The van der Waals surface area contributed by atoms with Gasteiger partial charge in [0.15, 0.2) is 11.5 Å². The van der Waals surface area contributed by atoms with Gasteiger partial charge in [0.25, 0.3) is 5.91 Å². The third kappa shape index (κ3) is 6.45. The summed E-state index contributed by atoms with van der Waals surface area (Å²) in [5.74, 6) is 0.701. The molecule has 4 aromatic carbocycles. The van der Waals surface area contributed by atoms with Crippen molar-refractivity contribution in [1.82, 2.24) is 0 Å². The van der Waals surface area contributed by atoms with Crippen LogP contribution < -0.4 is 14.8 Å². The van der Waals surface area contributed by atoms with Crippen LogP contribution in [0.25, 0.3) is 16.8 Å². The van der Waals surface area contributed by atoms with Crippen LogP contribution in [0.3, 0.4) is 0 Å². The molecule has 0 spiro atoms. The number of carbonyl (C=O) groups is 1. The van der Waals surface area contributed by atoms with Crippen molar-refractivity contribution >= 4 is 67.0 Å². The van der Waals surface area contributed by atoms with Gasteiger partial charge < -0.3 is 14.8 Å². The summed E-state index contributed by atoms with van der Waals surface area (Å²) < 4.78 is 13.7. The summed E-state index contributed by atoms with van der Waals surface area (Å²) in [6, 6.07) is 27.2. The van der Waals surface area contributed by atoms with Crippen molar-refractivity contribution in [2.45, 2.75) is 13.5 Å². The Labute approximate surface area is 232 Å². The van der Waals surface area contributed by atoms with Crippen LogP contribution in [0.4, 0.5) is 5.69 Å². The number of nitrogens with zero attached hydrogens (tertiary/aromatic N) is 1. The second-order valence-electron chi connectivity index (χ2n) is 7.86. The second kappa shape index (κ2) is 12.1. The highest BCUT2D eigenvalue weighted by Crippen LogP contribution is 2.36. The van der Waals surface area contributed by atoms with Crippen LogP contribution in [0.1, 0.15) is 18.1 Å². The Kier molecular flexibility index (Phi) is 8.62. The van der Waals surface area contributed by atoms with E-state index in [0.29, 0.717) is 36.0 Å². The molecule has 4 aromatic rings. The van der Waals surface area contributed by atoms with E-state index in [1.54, 1.807) is 24.3 Å². The smallest absolute Gasteiger partial charge is 0.266 e. The zero-order chi connectivity index (χ0) is 25.5. The van der Waals surface area contributed by atoms with Crippen molar-refractivity contribution in [2.24, 2.45) is 0 Å². The third-order valence-corrected chi connectivity index (χ3v) is 6.64. The average Bonchev–Trinajstić information content (AvgIpc) is 2.88. The van der Waals surface area contributed by atoms with E-state index >= 15 is 0 Å². The SMILES string of the molecule is CCOc1cc(/C=C(\C#N)C(=O)Nc2ccc(Br)cc2)cc(I)c1OCc1ccc2ccccc2c1. The number of halogens is 2. The molecule has 1 amide bonds. The summed E-state index contributed by atoms with van der Waals surface area (Å²) in [6.07, 6.45) is 1.55. The molecule has 0 fully saturated rings. The Morgan fingerprint density at radius 3 is 2.50 bits per heavy atom. The van der Waals surface area contributed by atoms with Crippen LogP contribution in [0.15, 0.2) is 88.9 Å². The van der Waals surface area contributed by atoms with E-state index in [4.69, 9.17) is 9.47 Å². The standard InChI is InChI=1S/C29H22BrIN2O3/c1-2-35-27-16-20(14-23(17-32)29(34)33-25-11-9-24(30)10-12-25)15-26(31)28(27)36-18-19-7-8-21-5-3-4-6-22(21)13-19/h3-16H,2,18H2,1H3,(H,33,34)/b23-14+. The molecule has 4 rings (SSSR count). The van der Waals surface area contributed by atoms with Gasteiger partial charge in [-0.3, -0.25) is 4.79 Å². The van der Waals surface area contributed by atoms with Gasteiger partial charge in [-0.15, -0.1) is 0 Å². The van der Waals surface area contributed by atoms with Gasteiger partial charge in [-0.25, -0.2) is 0 Å². The minimum absolute atomic E-state index is 0.0130. The van der Waals surface area contributed by atoms with Gasteiger partial charge in [0.05, 0.1) is 10.2 Å². The summed E-state index contributed by atoms with van der Waals surface area (Å²) in [5.41, 5.74) is 2.31. The number of carbonyl (C=O) groups excluding carboxylic acids is 1. The van der Waals surface area contributed by atoms with E-state index in [0.717, 1.165) is 19.0 Å². The van der Waals surface area contributed by atoms with Crippen molar-refractivity contribution in [2.75, 3.05) is 11.9 Å². The maximum absolute atomic E-state index is 12.7. The quantitative estimate of drug-likeness (QED) is 0.120. The summed E-state index contributed by atoms with van der Waals surface area (Å²) >= 11 is 5.55. The predicted molar refractivity (Wildman–Crippen MR) is 155 cm³/mol. The number of ether oxygens (including phenoxy) is 2. The number of amides is 1. The number of rotatable bonds is 8. The highest BCUT2D eigenvalue weighted by Gasteiger charge is 2.15. The molecule has 1 N–H and O–H groups in total. The Bertz CT molecular complexity index is 1480. The first kappa shape index (κ1) is 25.7. The topological polar surface area (TPSA) is 71.3 Å². The highest BCUT2D eigenvalue weighted by atomic mass is 127. The molecule has 0 aliphatic carbocycles. The molecule has 0 heterocycles. The first-order valence-corrected chi connectivity index (χ1v) is 13.1. The molecule has 7 heteroatoms. The number of nitrogens with one attached hydrogen (secondary N) is 1. The van der Waals surface area contributed by atoms with Crippen LogP contribution in [-0.2, 0) is 11.4 Å². The highest BCUT2D eigenvalue weighted by molar-refractivity contribution is 14.1. The van der Waals surface area contributed by atoms with Crippen LogP contribution >= 0.6 is 38.5 Å². The molecule has 180 valence electrons. The molecule has 0 unspecified atom stereocenters. The lowest BCUT2D eigenvalue weighted by molar-refractivity contribution is -0.112. The van der Waals surface area contributed by atoms with Gasteiger partial charge in [-0.1, -0.05) is 52.3 Å².